The summed E-state index contributed by atoms with van der Waals surface area (Å²) >= 11 is 0. The molecule has 3 heterocycles. The average molecular weight is 463 g/mol. The van der Waals surface area contributed by atoms with Crippen LogP contribution >= 0.6 is 0 Å². The Labute approximate surface area is 196 Å². The van der Waals surface area contributed by atoms with Gasteiger partial charge in [-0.3, -0.25) is 14.8 Å². The molecule has 1 spiro atoms. The van der Waals surface area contributed by atoms with Gasteiger partial charge in [-0.2, -0.15) is 0 Å². The molecule has 6 nitrogen and oxygen atoms in total. The first kappa shape index (κ1) is 22.1. The lowest BCUT2D eigenvalue weighted by molar-refractivity contribution is -0.0755. The number of rotatable bonds is 5. The quantitative estimate of drug-likeness (QED) is 0.561. The molecule has 3 aromatic rings. The molecular formula is C26H24F2N4O2. The molecule has 0 radical (unpaired) electrons. The van der Waals surface area contributed by atoms with Crippen LogP contribution in [0.2, 0.25) is 0 Å². The smallest absolute Gasteiger partial charge is 0.251 e. The number of aromatic nitrogens is 2. The summed E-state index contributed by atoms with van der Waals surface area (Å²) in [5, 5.41) is 7.09. The predicted octanol–water partition coefficient (Wildman–Crippen LogP) is 5.27. The van der Waals surface area contributed by atoms with Crippen LogP contribution in [0, 0.1) is 18.6 Å². The molecule has 1 fully saturated rings. The minimum Gasteiger partial charge on any atom is -0.389 e. The van der Waals surface area contributed by atoms with E-state index in [0.717, 1.165) is 59.6 Å². The maximum absolute atomic E-state index is 14.2. The van der Waals surface area contributed by atoms with Crippen molar-refractivity contribution in [2.45, 2.75) is 51.2 Å². The van der Waals surface area contributed by atoms with Crippen molar-refractivity contribution < 1.29 is 18.4 Å². The summed E-state index contributed by atoms with van der Waals surface area (Å²) in [4.78, 5) is 27.2. The second-order valence-electron chi connectivity index (χ2n) is 9.08. The van der Waals surface area contributed by atoms with E-state index in [-0.39, 0.29) is 11.3 Å². The van der Waals surface area contributed by atoms with Crippen molar-refractivity contribution in [1.82, 2.24) is 15.3 Å². The van der Waals surface area contributed by atoms with E-state index in [0.29, 0.717) is 12.0 Å². The number of hydrogen-bond donors (Lipinski definition) is 1. The maximum atomic E-state index is 14.2. The predicted molar refractivity (Wildman–Crippen MR) is 123 cm³/mol. The van der Waals surface area contributed by atoms with Gasteiger partial charge in [-0.25, -0.2) is 8.78 Å². The zero-order valence-electron chi connectivity index (χ0n) is 18.9. The molecule has 1 saturated carbocycles. The van der Waals surface area contributed by atoms with Crippen LogP contribution in [0.5, 0.6) is 0 Å². The Morgan fingerprint density at radius 3 is 2.53 bits per heavy atom. The molecule has 0 bridgehead atoms. The minimum absolute atomic E-state index is 0.0353. The Bertz CT molecular complexity index is 1290. The number of amides is 1. The molecule has 1 N–H and O–H groups in total. The number of carbonyl (C=O) groups is 1. The number of carbonyl (C=O) groups excluding carboxylic acids is 1. The fraction of sp³-hybridized carbons (Fsp3) is 0.308. The van der Waals surface area contributed by atoms with Crippen LogP contribution in [0.4, 0.5) is 8.78 Å². The highest BCUT2D eigenvalue weighted by molar-refractivity contribution is 6.05. The van der Waals surface area contributed by atoms with E-state index in [9.17, 15) is 13.6 Å². The molecule has 0 saturated heterocycles. The lowest BCUT2D eigenvalue weighted by atomic mass is 9.76. The normalized spacial score (nSPS) is 17.0. The summed E-state index contributed by atoms with van der Waals surface area (Å²) in [6, 6.07) is 9.31. The number of hydrogen-bond acceptors (Lipinski definition) is 5. The van der Waals surface area contributed by atoms with Gasteiger partial charge in [0.15, 0.2) is 0 Å². The number of nitrogens with one attached hydrogen (secondary N) is 1. The summed E-state index contributed by atoms with van der Waals surface area (Å²) < 4.78 is 27.4. The molecule has 0 unspecified atom stereocenters. The molecule has 2 aliphatic rings. The van der Waals surface area contributed by atoms with E-state index in [1.54, 1.807) is 25.3 Å². The Morgan fingerprint density at radius 2 is 1.88 bits per heavy atom. The van der Waals surface area contributed by atoms with Gasteiger partial charge in [-0.1, -0.05) is 11.2 Å². The van der Waals surface area contributed by atoms with Crippen molar-refractivity contribution in [3.63, 3.8) is 0 Å². The lowest BCUT2D eigenvalue weighted by Crippen LogP contribution is -2.36. The van der Waals surface area contributed by atoms with Crippen LogP contribution in [-0.2, 0) is 4.84 Å². The van der Waals surface area contributed by atoms with Gasteiger partial charge in [0.05, 0.1) is 29.3 Å². The van der Waals surface area contributed by atoms with Gasteiger partial charge in [0.1, 0.15) is 17.2 Å². The molecule has 1 atom stereocenters. The minimum atomic E-state index is -0.811. The van der Waals surface area contributed by atoms with Gasteiger partial charge in [0.2, 0.25) is 0 Å². The Balaban J connectivity index is 1.47. The SMILES string of the molecule is Cc1ccc(-c2cc(C(=O)N[C@H](C)c3ncc(F)cc3F)cc(C3=NOC4(CCC4)C3)c2)nc1. The van der Waals surface area contributed by atoms with Gasteiger partial charge in [-0.05, 0) is 62.9 Å². The molecule has 174 valence electrons. The summed E-state index contributed by atoms with van der Waals surface area (Å²) in [7, 11) is 0. The van der Waals surface area contributed by atoms with E-state index >= 15 is 0 Å². The van der Waals surface area contributed by atoms with E-state index in [1.165, 1.54) is 0 Å². The third-order valence-corrected chi connectivity index (χ3v) is 6.43. The van der Waals surface area contributed by atoms with Gasteiger partial charge in [0.25, 0.3) is 5.91 Å². The average Bonchev–Trinajstić information content (AvgIpc) is 3.26. The van der Waals surface area contributed by atoms with Crippen molar-refractivity contribution in [3.05, 3.63) is 82.8 Å². The molecule has 1 aliphatic heterocycles. The van der Waals surface area contributed by atoms with Crippen LogP contribution in [0.1, 0.15) is 65.8 Å². The topological polar surface area (TPSA) is 76.5 Å². The van der Waals surface area contributed by atoms with Gasteiger partial charge >= 0.3 is 0 Å². The largest absolute Gasteiger partial charge is 0.389 e. The van der Waals surface area contributed by atoms with Crippen molar-refractivity contribution >= 4 is 11.6 Å². The zero-order chi connectivity index (χ0) is 23.9. The van der Waals surface area contributed by atoms with Gasteiger partial charge in [0, 0.05) is 35.4 Å². The number of halogens is 2. The Morgan fingerprint density at radius 1 is 1.09 bits per heavy atom. The fourth-order valence-corrected chi connectivity index (χ4v) is 4.32. The maximum Gasteiger partial charge on any atom is 0.251 e. The zero-order valence-corrected chi connectivity index (χ0v) is 18.9. The first-order valence-electron chi connectivity index (χ1n) is 11.3. The first-order chi connectivity index (χ1) is 16.3. The van der Waals surface area contributed by atoms with E-state index in [2.05, 4.69) is 20.4 Å². The molecule has 2 aromatic heterocycles. The third-order valence-electron chi connectivity index (χ3n) is 6.43. The van der Waals surface area contributed by atoms with E-state index in [4.69, 9.17) is 4.84 Å². The van der Waals surface area contributed by atoms with Crippen molar-refractivity contribution in [2.75, 3.05) is 0 Å². The highest BCUT2D eigenvalue weighted by atomic mass is 19.1. The lowest BCUT2D eigenvalue weighted by Gasteiger charge is -2.34. The number of benzene rings is 1. The number of pyridine rings is 2. The van der Waals surface area contributed by atoms with E-state index in [1.807, 2.05) is 25.1 Å². The van der Waals surface area contributed by atoms with Crippen molar-refractivity contribution in [1.29, 1.82) is 0 Å². The number of nitrogens with zero attached hydrogens (tertiary/aromatic N) is 3. The molecule has 1 aromatic carbocycles. The monoisotopic (exact) mass is 462 g/mol. The second kappa shape index (κ2) is 8.59. The summed E-state index contributed by atoms with van der Waals surface area (Å²) in [5.74, 6) is -1.99. The van der Waals surface area contributed by atoms with Crippen molar-refractivity contribution in [2.24, 2.45) is 5.16 Å². The van der Waals surface area contributed by atoms with Crippen LogP contribution in [0.25, 0.3) is 11.3 Å². The number of oxime groups is 1. The van der Waals surface area contributed by atoms with Crippen LogP contribution in [0.3, 0.4) is 0 Å². The van der Waals surface area contributed by atoms with Gasteiger partial charge < -0.3 is 10.2 Å². The molecule has 1 aliphatic carbocycles. The second-order valence-corrected chi connectivity index (χ2v) is 9.08. The standard InChI is InChI=1S/C26H24F2N4O2/c1-15-4-5-22(29-13-15)17-8-18(23-12-26(34-32-23)6-3-7-26)10-19(9-17)25(33)31-16(2)24-21(28)11-20(27)14-30-24/h4-5,8-11,13-14,16H,3,6-7,12H2,1-2H3,(H,31,33)/t16-/m1/s1. The molecule has 8 heteroatoms. The fourth-order valence-electron chi connectivity index (χ4n) is 4.32. The highest BCUT2D eigenvalue weighted by Gasteiger charge is 2.45. The third kappa shape index (κ3) is 4.27. The Hall–Kier alpha value is -3.68. The summed E-state index contributed by atoms with van der Waals surface area (Å²) in [5.41, 5.74) is 4.22. The number of aryl methyl sites for hydroxylation is 1. The summed E-state index contributed by atoms with van der Waals surface area (Å²) in [6.07, 6.45) is 6.46. The van der Waals surface area contributed by atoms with Crippen molar-refractivity contribution in [3.8, 4) is 11.3 Å². The Kier molecular flexibility index (Phi) is 5.59. The van der Waals surface area contributed by atoms with E-state index < -0.39 is 23.6 Å². The highest BCUT2D eigenvalue weighted by Crippen LogP contribution is 2.43. The molecular weight excluding hydrogens is 438 g/mol. The van der Waals surface area contributed by atoms with Crippen LogP contribution < -0.4 is 5.32 Å². The summed E-state index contributed by atoms with van der Waals surface area (Å²) in [6.45, 7) is 3.56. The van der Waals surface area contributed by atoms with Crippen LogP contribution in [-0.4, -0.2) is 27.2 Å². The van der Waals surface area contributed by atoms with Gasteiger partial charge in [-0.15, -0.1) is 0 Å². The molecule has 1 amide bonds. The molecule has 5 rings (SSSR count). The molecule has 34 heavy (non-hydrogen) atoms. The first-order valence-corrected chi connectivity index (χ1v) is 11.3. The van der Waals surface area contributed by atoms with Crippen LogP contribution in [0.15, 0.2) is 53.9 Å².